The Labute approximate surface area is 253 Å². The van der Waals surface area contributed by atoms with E-state index in [0.29, 0.717) is 44.4 Å². The van der Waals surface area contributed by atoms with Gasteiger partial charge in [-0.25, -0.2) is 4.72 Å². The summed E-state index contributed by atoms with van der Waals surface area (Å²) in [5.41, 5.74) is 5.82. The number of fused-ring (bicyclic) bond motifs is 1. The summed E-state index contributed by atoms with van der Waals surface area (Å²) in [6.45, 7) is 3.38. The van der Waals surface area contributed by atoms with E-state index < -0.39 is 17.9 Å². The number of allylic oxidation sites excluding steroid dienone is 4. The number of unbranched alkanes of at least 4 members (excludes halogenated alkanes) is 1. The number of benzene rings is 1. The van der Waals surface area contributed by atoms with Crippen molar-refractivity contribution < 1.29 is 23.0 Å². The third-order valence-corrected chi connectivity index (χ3v) is 9.84. The van der Waals surface area contributed by atoms with E-state index in [1.807, 2.05) is 0 Å². The number of carbonyl (C=O) groups excluding carboxylic acids is 1. The van der Waals surface area contributed by atoms with Gasteiger partial charge in [-0.2, -0.15) is 8.78 Å². The highest BCUT2D eigenvalue weighted by atomic mass is 32.2. The second-order valence-corrected chi connectivity index (χ2v) is 13.1. The van der Waals surface area contributed by atoms with Gasteiger partial charge in [-0.3, -0.25) is 4.79 Å². The molecule has 4 atom stereocenters. The summed E-state index contributed by atoms with van der Waals surface area (Å²) < 4.78 is 47.1. The molecule has 1 saturated heterocycles. The van der Waals surface area contributed by atoms with Crippen molar-refractivity contribution in [3.63, 3.8) is 0 Å². The Morgan fingerprint density at radius 2 is 1.86 bits per heavy atom. The van der Waals surface area contributed by atoms with Crippen LogP contribution in [0.5, 0.6) is 5.75 Å². The molecule has 42 heavy (non-hydrogen) atoms. The summed E-state index contributed by atoms with van der Waals surface area (Å²) >= 11 is 1.22. The lowest BCUT2D eigenvalue weighted by atomic mass is 9.81. The summed E-state index contributed by atoms with van der Waals surface area (Å²) in [5.74, 6) is -2.03. The fraction of sp³-hybridized carbons (Fsp3) is 0.606. The molecule has 0 bridgehead atoms. The zero-order chi connectivity index (χ0) is 29.5. The van der Waals surface area contributed by atoms with Crippen molar-refractivity contribution in [2.75, 3.05) is 19.7 Å². The minimum Gasteiger partial charge on any atom is -0.494 e. The van der Waals surface area contributed by atoms with Crippen molar-refractivity contribution in [2.24, 2.45) is 17.6 Å². The van der Waals surface area contributed by atoms with Gasteiger partial charge in [-0.15, -0.1) is 0 Å². The first-order chi connectivity index (χ1) is 20.3. The Bertz CT molecular complexity index is 1130. The molecule has 3 unspecified atom stereocenters. The van der Waals surface area contributed by atoms with Crippen LogP contribution < -0.4 is 15.2 Å². The van der Waals surface area contributed by atoms with E-state index >= 15 is 8.78 Å². The molecule has 3 N–H and O–H groups in total. The lowest BCUT2D eigenvalue weighted by Gasteiger charge is -2.36. The van der Waals surface area contributed by atoms with Gasteiger partial charge in [0.25, 0.3) is 5.92 Å². The Morgan fingerprint density at radius 3 is 2.57 bits per heavy atom. The maximum atomic E-state index is 16.1. The lowest BCUT2D eigenvalue weighted by molar-refractivity contribution is -0.145. The number of nitrogens with zero attached hydrogens (tertiary/aromatic N) is 1. The van der Waals surface area contributed by atoms with Gasteiger partial charge in [0.2, 0.25) is 5.91 Å². The van der Waals surface area contributed by atoms with Crippen LogP contribution in [-0.2, 0) is 15.5 Å². The van der Waals surface area contributed by atoms with E-state index in [-0.39, 0.29) is 28.7 Å². The van der Waals surface area contributed by atoms with Gasteiger partial charge in [0.1, 0.15) is 11.5 Å². The molecule has 4 aliphatic rings. The van der Waals surface area contributed by atoms with Gasteiger partial charge in [0.05, 0.1) is 12.7 Å². The number of piperidine rings is 1. The minimum absolute atomic E-state index is 0.00223. The van der Waals surface area contributed by atoms with Crippen LogP contribution in [0.2, 0.25) is 0 Å². The van der Waals surface area contributed by atoms with Crippen molar-refractivity contribution in [1.29, 1.82) is 0 Å². The van der Waals surface area contributed by atoms with Crippen LogP contribution in [0, 0.1) is 11.8 Å². The highest BCUT2D eigenvalue weighted by molar-refractivity contribution is 7.98. The van der Waals surface area contributed by atoms with Crippen molar-refractivity contribution in [1.82, 2.24) is 9.62 Å². The predicted octanol–water partition coefficient (Wildman–Crippen LogP) is 6.49. The zero-order valence-corrected chi connectivity index (χ0v) is 25.4. The third-order valence-electron chi connectivity index (χ3n) is 8.82. The number of likely N-dealkylation sites (tertiary alicyclic amines) is 1. The molecular formula is C33H45F2N3O3S. The van der Waals surface area contributed by atoms with E-state index in [4.69, 9.17) is 15.2 Å². The quantitative estimate of drug-likeness (QED) is 0.162. The summed E-state index contributed by atoms with van der Waals surface area (Å²) in [4.78, 5) is 15.1. The second-order valence-electron chi connectivity index (χ2n) is 12.0. The molecule has 0 aromatic heterocycles. The third kappa shape index (κ3) is 7.77. The normalized spacial score (nSPS) is 25.7. The molecule has 0 spiro atoms. The molecule has 1 saturated carbocycles. The van der Waals surface area contributed by atoms with Crippen molar-refractivity contribution in [3.8, 4) is 5.75 Å². The van der Waals surface area contributed by atoms with Crippen molar-refractivity contribution in [3.05, 3.63) is 66.0 Å². The van der Waals surface area contributed by atoms with Crippen LogP contribution in [0.15, 0.2) is 60.4 Å². The molecule has 1 heterocycles. The number of halogens is 2. The topological polar surface area (TPSA) is 76.8 Å². The molecule has 5 rings (SSSR count). The maximum absolute atomic E-state index is 16.1. The van der Waals surface area contributed by atoms with E-state index in [1.165, 1.54) is 41.8 Å². The molecule has 3 aliphatic carbocycles. The number of hydrogen-bond donors (Lipinski definition) is 2. The van der Waals surface area contributed by atoms with Gasteiger partial charge < -0.3 is 20.1 Å². The summed E-state index contributed by atoms with van der Waals surface area (Å²) in [6.07, 6.45) is 19.6. The van der Waals surface area contributed by atoms with Gasteiger partial charge >= 0.3 is 0 Å². The standard InChI is InChI=1S/C33H45F2N3O3S/c1-2-3-20-40-27-13-10-25(11-14-27)33(34,35)31(32(39)38-18-16-26(36)17-19-38)37-42-30-15-9-23-21-29(12-8-24(23)22-30)41-28-6-4-5-7-28/h8-15,21,23-24,26,28,30-31,37H,2-7,16-20,22,36H2,1H3/t23?,24?,30?,31-/m1/s1. The highest BCUT2D eigenvalue weighted by Gasteiger charge is 2.48. The molecule has 230 valence electrons. The van der Waals surface area contributed by atoms with Crippen molar-refractivity contribution >= 4 is 17.9 Å². The Hall–Kier alpha value is -2.36. The zero-order valence-electron chi connectivity index (χ0n) is 24.6. The highest BCUT2D eigenvalue weighted by Crippen LogP contribution is 2.39. The fourth-order valence-corrected chi connectivity index (χ4v) is 7.17. The number of nitrogens with one attached hydrogen (secondary N) is 1. The first-order valence-corrected chi connectivity index (χ1v) is 16.5. The number of carbonyl (C=O) groups is 1. The average molecular weight is 602 g/mol. The van der Waals surface area contributed by atoms with Crippen LogP contribution in [0.4, 0.5) is 8.78 Å². The van der Waals surface area contributed by atoms with E-state index in [2.05, 4.69) is 42.0 Å². The molecule has 0 radical (unpaired) electrons. The first kappa shape index (κ1) is 31.1. The smallest absolute Gasteiger partial charge is 0.298 e. The lowest BCUT2D eigenvalue weighted by Crippen LogP contribution is -2.55. The Morgan fingerprint density at radius 1 is 1.12 bits per heavy atom. The van der Waals surface area contributed by atoms with Crippen LogP contribution in [-0.4, -0.2) is 53.9 Å². The number of rotatable bonds is 12. The predicted molar refractivity (Wildman–Crippen MR) is 164 cm³/mol. The largest absolute Gasteiger partial charge is 0.494 e. The monoisotopic (exact) mass is 601 g/mol. The van der Waals surface area contributed by atoms with Crippen LogP contribution in [0.3, 0.4) is 0 Å². The number of nitrogens with two attached hydrogens (primary N) is 1. The molecule has 1 aliphatic heterocycles. The second kappa shape index (κ2) is 14.4. The van der Waals surface area contributed by atoms with Gasteiger partial charge in [0.15, 0.2) is 6.04 Å². The van der Waals surface area contributed by atoms with Crippen LogP contribution >= 0.6 is 11.9 Å². The van der Waals surface area contributed by atoms with Gasteiger partial charge in [-0.05, 0) is 93.7 Å². The molecule has 1 amide bonds. The number of amides is 1. The summed E-state index contributed by atoms with van der Waals surface area (Å²) in [7, 11) is 0. The van der Waals surface area contributed by atoms with E-state index in [0.717, 1.165) is 37.9 Å². The maximum Gasteiger partial charge on any atom is 0.298 e. The molecular weight excluding hydrogens is 556 g/mol. The minimum atomic E-state index is -3.42. The number of hydrogen-bond acceptors (Lipinski definition) is 6. The van der Waals surface area contributed by atoms with Crippen molar-refractivity contribution in [2.45, 2.75) is 94.1 Å². The molecule has 9 heteroatoms. The Kier molecular flexibility index (Phi) is 10.7. The molecule has 2 fully saturated rings. The fourth-order valence-electron chi connectivity index (χ4n) is 6.12. The van der Waals surface area contributed by atoms with E-state index in [1.54, 1.807) is 12.1 Å². The van der Waals surface area contributed by atoms with E-state index in [9.17, 15) is 4.79 Å². The summed E-state index contributed by atoms with van der Waals surface area (Å²) in [5, 5.41) is -0.0446. The molecule has 6 nitrogen and oxygen atoms in total. The first-order valence-electron chi connectivity index (χ1n) is 15.6. The van der Waals surface area contributed by atoms with Crippen LogP contribution in [0.25, 0.3) is 0 Å². The van der Waals surface area contributed by atoms with Gasteiger partial charge in [0, 0.05) is 35.9 Å². The Balaban J connectivity index is 1.26. The van der Waals surface area contributed by atoms with Gasteiger partial charge in [-0.1, -0.05) is 43.5 Å². The molecule has 1 aromatic rings. The average Bonchev–Trinajstić information content (AvgIpc) is 3.51. The summed E-state index contributed by atoms with van der Waals surface area (Å²) in [6, 6.07) is 4.15. The van der Waals surface area contributed by atoms with Crippen LogP contribution in [0.1, 0.15) is 70.3 Å². The number of ether oxygens (including phenoxy) is 2. The SMILES string of the molecule is CCCCOc1ccc(C(F)(F)[C@H](NSC2C=CC3C=C(OC4CCCC4)C=CC3C2)C(=O)N2CCC(N)CC2)cc1. The number of alkyl halides is 2. The molecule has 1 aromatic carbocycles.